The topological polar surface area (TPSA) is 64.8 Å². The van der Waals surface area contributed by atoms with E-state index in [2.05, 4.69) is 4.98 Å². The van der Waals surface area contributed by atoms with Crippen LogP contribution < -0.4 is 14.4 Å². The Morgan fingerprint density at radius 1 is 1.14 bits per heavy atom. The number of nitrogens with zero attached hydrogens (tertiary/aromatic N) is 2. The number of carbonyl (C=O) groups is 1. The first-order valence-corrected chi connectivity index (χ1v) is 9.67. The van der Waals surface area contributed by atoms with Crippen molar-refractivity contribution in [2.24, 2.45) is 0 Å². The first-order valence-electron chi connectivity index (χ1n) is 8.48. The summed E-state index contributed by atoms with van der Waals surface area (Å²) in [5.74, 6) is 1.61. The third-order valence-electron chi connectivity index (χ3n) is 4.35. The Morgan fingerprint density at radius 3 is 2.86 bits per heavy atom. The molecule has 0 fully saturated rings. The minimum absolute atomic E-state index is 0.152. The molecule has 0 saturated heterocycles. The second kappa shape index (κ2) is 6.85. The zero-order valence-corrected chi connectivity index (χ0v) is 16.0. The first kappa shape index (κ1) is 17.1. The Balaban J connectivity index is 1.57. The van der Waals surface area contributed by atoms with Crippen LogP contribution in [-0.4, -0.2) is 17.7 Å². The highest BCUT2D eigenvalue weighted by molar-refractivity contribution is 7.22. The standard InChI is InChI=1S/C20H13ClN2O4S/c21-14-4-1-5-17-18(14)22-20(28-17)23(10-13-3-2-8-25-13)19(24)12-6-7-15-16(9-12)27-11-26-15/h1-9H,10-11H2. The van der Waals surface area contributed by atoms with E-state index in [0.717, 1.165) is 4.70 Å². The van der Waals surface area contributed by atoms with Gasteiger partial charge in [-0.05, 0) is 42.5 Å². The highest BCUT2D eigenvalue weighted by Gasteiger charge is 2.25. The fourth-order valence-corrected chi connectivity index (χ4v) is 4.25. The van der Waals surface area contributed by atoms with Crippen molar-refractivity contribution in [3.63, 3.8) is 0 Å². The number of para-hydroxylation sites is 1. The molecule has 1 aliphatic heterocycles. The van der Waals surface area contributed by atoms with Gasteiger partial charge in [-0.1, -0.05) is 29.0 Å². The molecule has 8 heteroatoms. The van der Waals surface area contributed by atoms with E-state index in [1.165, 1.54) is 11.3 Å². The monoisotopic (exact) mass is 412 g/mol. The van der Waals surface area contributed by atoms with E-state index in [1.54, 1.807) is 41.5 Å². The van der Waals surface area contributed by atoms with Crippen molar-refractivity contribution in [2.75, 3.05) is 11.7 Å². The lowest BCUT2D eigenvalue weighted by molar-refractivity contribution is 0.0983. The highest BCUT2D eigenvalue weighted by Crippen LogP contribution is 2.36. The zero-order chi connectivity index (χ0) is 19.1. The van der Waals surface area contributed by atoms with Crippen LogP contribution in [0.4, 0.5) is 5.13 Å². The van der Waals surface area contributed by atoms with Gasteiger partial charge in [-0.2, -0.15) is 0 Å². The van der Waals surface area contributed by atoms with E-state index in [1.807, 2.05) is 18.2 Å². The van der Waals surface area contributed by atoms with Crippen LogP contribution in [0.1, 0.15) is 16.1 Å². The lowest BCUT2D eigenvalue weighted by Crippen LogP contribution is -2.30. The second-order valence-corrected chi connectivity index (χ2v) is 7.54. The number of ether oxygens (including phenoxy) is 2. The van der Waals surface area contributed by atoms with Crippen LogP contribution in [0.25, 0.3) is 10.2 Å². The number of hydrogen-bond donors (Lipinski definition) is 0. The number of fused-ring (bicyclic) bond motifs is 2. The Bertz CT molecular complexity index is 1170. The van der Waals surface area contributed by atoms with Crippen LogP contribution in [0.5, 0.6) is 11.5 Å². The fourth-order valence-electron chi connectivity index (χ4n) is 2.99. The van der Waals surface area contributed by atoms with Crippen molar-refractivity contribution in [3.05, 3.63) is 71.1 Å². The van der Waals surface area contributed by atoms with Gasteiger partial charge in [0.1, 0.15) is 11.3 Å². The van der Waals surface area contributed by atoms with Crippen LogP contribution in [0.3, 0.4) is 0 Å². The molecule has 2 aromatic carbocycles. The SMILES string of the molecule is O=C(c1ccc2c(c1)OCO2)N(Cc1ccco1)c1nc2c(Cl)cccc2s1. The number of aromatic nitrogens is 1. The summed E-state index contributed by atoms with van der Waals surface area (Å²) in [6.45, 7) is 0.400. The second-order valence-electron chi connectivity index (χ2n) is 6.12. The lowest BCUT2D eigenvalue weighted by atomic mass is 10.1. The molecule has 0 saturated carbocycles. The summed E-state index contributed by atoms with van der Waals surface area (Å²) < 4.78 is 17.1. The summed E-state index contributed by atoms with van der Waals surface area (Å²) in [5.41, 5.74) is 1.15. The van der Waals surface area contributed by atoms with Crippen molar-refractivity contribution < 1.29 is 18.7 Å². The molecule has 1 amide bonds. The molecule has 0 spiro atoms. The molecule has 0 aliphatic carbocycles. The van der Waals surface area contributed by atoms with Crippen molar-refractivity contribution in [3.8, 4) is 11.5 Å². The van der Waals surface area contributed by atoms with Gasteiger partial charge in [-0.3, -0.25) is 9.69 Å². The molecular weight excluding hydrogens is 400 g/mol. The number of rotatable bonds is 4. The molecule has 0 N–H and O–H groups in total. The number of thiazole rings is 1. The van der Waals surface area contributed by atoms with Crippen LogP contribution in [0.2, 0.25) is 5.02 Å². The fraction of sp³-hybridized carbons (Fsp3) is 0.100. The molecule has 0 unspecified atom stereocenters. The van der Waals surface area contributed by atoms with Gasteiger partial charge in [0, 0.05) is 5.56 Å². The predicted octanol–water partition coefficient (Wildman–Crippen LogP) is 5.12. The van der Waals surface area contributed by atoms with Crippen LogP contribution in [0, 0.1) is 0 Å². The third kappa shape index (κ3) is 2.98. The van der Waals surface area contributed by atoms with E-state index in [9.17, 15) is 4.79 Å². The van der Waals surface area contributed by atoms with Gasteiger partial charge >= 0.3 is 0 Å². The van der Waals surface area contributed by atoms with E-state index in [4.69, 9.17) is 25.5 Å². The summed E-state index contributed by atoms with van der Waals surface area (Å²) in [5, 5.41) is 1.09. The van der Waals surface area contributed by atoms with Gasteiger partial charge in [0.15, 0.2) is 16.6 Å². The molecule has 0 bridgehead atoms. The molecule has 140 valence electrons. The molecule has 0 atom stereocenters. The Labute approximate surface area is 168 Å². The molecular formula is C20H13ClN2O4S. The maximum absolute atomic E-state index is 13.4. The highest BCUT2D eigenvalue weighted by atomic mass is 35.5. The van der Waals surface area contributed by atoms with Crippen molar-refractivity contribution in [1.82, 2.24) is 4.98 Å². The van der Waals surface area contributed by atoms with Crippen LogP contribution in [0.15, 0.2) is 59.2 Å². The van der Waals surface area contributed by atoms with Crippen LogP contribution >= 0.6 is 22.9 Å². The number of amides is 1. The van der Waals surface area contributed by atoms with Gasteiger partial charge in [0.25, 0.3) is 5.91 Å². The summed E-state index contributed by atoms with van der Waals surface area (Å²) in [4.78, 5) is 19.5. The number of halogens is 1. The maximum Gasteiger partial charge on any atom is 0.260 e. The quantitative estimate of drug-likeness (QED) is 0.465. The third-order valence-corrected chi connectivity index (χ3v) is 5.70. The first-order chi connectivity index (χ1) is 13.7. The smallest absolute Gasteiger partial charge is 0.260 e. The average molecular weight is 413 g/mol. The van der Waals surface area contributed by atoms with Gasteiger partial charge in [-0.15, -0.1) is 0 Å². The minimum Gasteiger partial charge on any atom is -0.467 e. The van der Waals surface area contributed by atoms with E-state index >= 15 is 0 Å². The molecule has 5 rings (SSSR count). The van der Waals surface area contributed by atoms with Gasteiger partial charge < -0.3 is 13.9 Å². The minimum atomic E-state index is -0.218. The molecule has 2 aromatic heterocycles. The largest absolute Gasteiger partial charge is 0.467 e. The van der Waals surface area contributed by atoms with Gasteiger partial charge in [0.2, 0.25) is 6.79 Å². The molecule has 6 nitrogen and oxygen atoms in total. The number of furan rings is 1. The van der Waals surface area contributed by atoms with Gasteiger partial charge in [-0.25, -0.2) is 4.98 Å². The Morgan fingerprint density at radius 2 is 2.04 bits per heavy atom. The molecule has 3 heterocycles. The summed E-state index contributed by atoms with van der Waals surface area (Å²) in [7, 11) is 0. The number of anilines is 1. The molecule has 1 aliphatic rings. The molecule has 28 heavy (non-hydrogen) atoms. The normalized spacial score (nSPS) is 12.5. The van der Waals surface area contributed by atoms with E-state index in [-0.39, 0.29) is 19.2 Å². The number of carbonyl (C=O) groups excluding carboxylic acids is 1. The molecule has 4 aromatic rings. The lowest BCUT2D eigenvalue weighted by Gasteiger charge is -2.19. The summed E-state index contributed by atoms with van der Waals surface area (Å²) in [6, 6.07) is 14.3. The zero-order valence-electron chi connectivity index (χ0n) is 14.4. The molecule has 0 radical (unpaired) electrons. The van der Waals surface area contributed by atoms with Crippen molar-refractivity contribution in [1.29, 1.82) is 0 Å². The number of hydrogen-bond acceptors (Lipinski definition) is 6. The summed E-state index contributed by atoms with van der Waals surface area (Å²) in [6.07, 6.45) is 1.58. The Hall–Kier alpha value is -3.03. The van der Waals surface area contributed by atoms with Crippen molar-refractivity contribution >= 4 is 44.2 Å². The maximum atomic E-state index is 13.4. The Kier molecular flexibility index (Phi) is 4.18. The average Bonchev–Trinajstić information content (AvgIpc) is 3.45. The van der Waals surface area contributed by atoms with E-state index in [0.29, 0.717) is 38.5 Å². The predicted molar refractivity (Wildman–Crippen MR) is 106 cm³/mol. The van der Waals surface area contributed by atoms with E-state index < -0.39 is 0 Å². The number of benzene rings is 2. The van der Waals surface area contributed by atoms with Crippen LogP contribution in [-0.2, 0) is 6.54 Å². The summed E-state index contributed by atoms with van der Waals surface area (Å²) >= 11 is 7.67. The van der Waals surface area contributed by atoms with Crippen molar-refractivity contribution in [2.45, 2.75) is 6.54 Å². The van der Waals surface area contributed by atoms with Gasteiger partial charge in [0.05, 0.1) is 22.5 Å².